The van der Waals surface area contributed by atoms with Gasteiger partial charge in [-0.15, -0.1) is 0 Å². The molecule has 0 aromatic rings. The number of hydrogen-bond donors (Lipinski definition) is 2. The van der Waals surface area contributed by atoms with Gasteiger partial charge in [0.25, 0.3) is 0 Å². The quantitative estimate of drug-likeness (QED) is 0.508. The fourth-order valence-corrected chi connectivity index (χ4v) is 3.44. The molecule has 22 heavy (non-hydrogen) atoms. The van der Waals surface area contributed by atoms with Crippen molar-refractivity contribution in [1.82, 2.24) is 10.2 Å². The molecule has 2 N–H and O–H groups in total. The second-order valence-corrected chi connectivity index (χ2v) is 7.09. The number of rotatable bonds is 9. The van der Waals surface area contributed by atoms with Crippen molar-refractivity contribution in [3.63, 3.8) is 0 Å². The van der Waals surface area contributed by atoms with Crippen LogP contribution in [0, 0.1) is 17.8 Å². The predicted octanol–water partition coefficient (Wildman–Crippen LogP) is 3.12. The Morgan fingerprint density at radius 3 is 2.68 bits per heavy atom. The fourth-order valence-electron chi connectivity index (χ4n) is 3.44. The molecule has 0 bridgehead atoms. The van der Waals surface area contributed by atoms with E-state index < -0.39 is 0 Å². The molecule has 0 amide bonds. The first-order chi connectivity index (χ1) is 10.6. The van der Waals surface area contributed by atoms with E-state index in [0.29, 0.717) is 5.92 Å². The average molecular weight is 312 g/mol. The number of guanidine groups is 1. The van der Waals surface area contributed by atoms with Crippen molar-refractivity contribution >= 4 is 5.96 Å². The highest BCUT2D eigenvalue weighted by Gasteiger charge is 2.25. The number of aliphatic hydroxyl groups is 1. The summed E-state index contributed by atoms with van der Waals surface area (Å²) in [5.41, 5.74) is 0. The van der Waals surface area contributed by atoms with Gasteiger partial charge in [0.2, 0.25) is 0 Å². The van der Waals surface area contributed by atoms with Crippen molar-refractivity contribution in [1.29, 1.82) is 0 Å². The van der Waals surface area contributed by atoms with E-state index in [1.807, 2.05) is 0 Å². The number of hydrogen-bond acceptors (Lipinski definition) is 2. The maximum Gasteiger partial charge on any atom is 0.193 e. The van der Waals surface area contributed by atoms with E-state index in [2.05, 4.69) is 37.9 Å². The minimum absolute atomic E-state index is 0.275. The molecule has 0 radical (unpaired) electrons. The van der Waals surface area contributed by atoms with Crippen LogP contribution in [-0.4, -0.2) is 48.8 Å². The van der Waals surface area contributed by atoms with Gasteiger partial charge in [-0.2, -0.15) is 0 Å². The highest BCUT2D eigenvalue weighted by Crippen LogP contribution is 2.23. The van der Waals surface area contributed by atoms with Crippen molar-refractivity contribution in [2.24, 2.45) is 22.7 Å². The van der Waals surface area contributed by atoms with E-state index in [1.54, 1.807) is 0 Å². The van der Waals surface area contributed by atoms with Gasteiger partial charge < -0.3 is 15.3 Å². The zero-order chi connectivity index (χ0) is 16.4. The minimum Gasteiger partial charge on any atom is -0.396 e. The van der Waals surface area contributed by atoms with Gasteiger partial charge in [-0.3, -0.25) is 4.99 Å². The molecule has 1 aliphatic rings. The van der Waals surface area contributed by atoms with Crippen LogP contribution in [0.2, 0.25) is 0 Å². The third-order valence-electron chi connectivity index (χ3n) is 4.46. The minimum atomic E-state index is 0.275. The number of nitrogens with zero attached hydrogens (tertiary/aromatic N) is 2. The summed E-state index contributed by atoms with van der Waals surface area (Å²) in [7, 11) is 0. The van der Waals surface area contributed by atoms with Crippen molar-refractivity contribution in [2.75, 3.05) is 32.8 Å². The Balaban J connectivity index is 2.58. The number of nitrogens with one attached hydrogen (secondary N) is 1. The molecule has 0 aromatic carbocycles. The fraction of sp³-hybridized carbons (Fsp3) is 0.944. The van der Waals surface area contributed by atoms with Crippen LogP contribution in [0.25, 0.3) is 0 Å². The van der Waals surface area contributed by atoms with E-state index in [1.165, 1.54) is 12.8 Å². The third kappa shape index (κ3) is 6.99. The smallest absolute Gasteiger partial charge is 0.193 e. The lowest BCUT2D eigenvalue weighted by Crippen LogP contribution is -2.40. The SMILES string of the molecule is CCCC(CCO)CN=C(NCC)N1CCC(CC(C)C)C1. The molecule has 0 saturated carbocycles. The maximum absolute atomic E-state index is 9.19. The Labute approximate surface area is 137 Å². The van der Waals surface area contributed by atoms with Gasteiger partial charge in [0.15, 0.2) is 5.96 Å². The topological polar surface area (TPSA) is 47.9 Å². The van der Waals surface area contributed by atoms with E-state index in [9.17, 15) is 5.11 Å². The summed E-state index contributed by atoms with van der Waals surface area (Å²) >= 11 is 0. The lowest BCUT2D eigenvalue weighted by atomic mass is 9.97. The van der Waals surface area contributed by atoms with Crippen LogP contribution in [0.15, 0.2) is 4.99 Å². The van der Waals surface area contributed by atoms with Crippen LogP contribution in [-0.2, 0) is 0 Å². The Bertz CT molecular complexity index is 311. The maximum atomic E-state index is 9.19. The van der Waals surface area contributed by atoms with E-state index >= 15 is 0 Å². The molecule has 1 aliphatic heterocycles. The largest absolute Gasteiger partial charge is 0.396 e. The highest BCUT2D eigenvalue weighted by molar-refractivity contribution is 5.80. The molecule has 130 valence electrons. The summed E-state index contributed by atoms with van der Waals surface area (Å²) in [4.78, 5) is 7.30. The van der Waals surface area contributed by atoms with E-state index in [0.717, 1.165) is 63.2 Å². The van der Waals surface area contributed by atoms with Crippen molar-refractivity contribution in [2.45, 2.75) is 59.8 Å². The number of likely N-dealkylation sites (tertiary alicyclic amines) is 1. The Morgan fingerprint density at radius 2 is 2.09 bits per heavy atom. The summed E-state index contributed by atoms with van der Waals surface area (Å²) in [5, 5.41) is 12.6. The lowest BCUT2D eigenvalue weighted by molar-refractivity contribution is 0.253. The van der Waals surface area contributed by atoms with Gasteiger partial charge in [-0.25, -0.2) is 0 Å². The molecule has 0 aliphatic carbocycles. The van der Waals surface area contributed by atoms with Gasteiger partial charge in [-0.1, -0.05) is 27.2 Å². The number of aliphatic hydroxyl groups excluding tert-OH is 1. The monoisotopic (exact) mass is 311 g/mol. The van der Waals surface area contributed by atoms with Gasteiger partial charge in [0.1, 0.15) is 0 Å². The van der Waals surface area contributed by atoms with Crippen LogP contribution >= 0.6 is 0 Å². The first-order valence-electron chi connectivity index (χ1n) is 9.24. The van der Waals surface area contributed by atoms with Crippen LogP contribution in [0.5, 0.6) is 0 Å². The molecule has 2 unspecified atom stereocenters. The molecule has 4 nitrogen and oxygen atoms in total. The highest BCUT2D eigenvalue weighted by atomic mass is 16.3. The first-order valence-corrected chi connectivity index (χ1v) is 9.24. The van der Waals surface area contributed by atoms with Crippen molar-refractivity contribution in [3.05, 3.63) is 0 Å². The number of aliphatic imine (C=N–C) groups is 1. The summed E-state index contributed by atoms with van der Waals surface area (Å²) < 4.78 is 0. The summed E-state index contributed by atoms with van der Waals surface area (Å²) in [5.74, 6) is 3.18. The zero-order valence-corrected chi connectivity index (χ0v) is 15.1. The third-order valence-corrected chi connectivity index (χ3v) is 4.46. The average Bonchev–Trinajstić information content (AvgIpc) is 2.91. The van der Waals surface area contributed by atoms with Gasteiger partial charge in [0, 0.05) is 32.8 Å². The Morgan fingerprint density at radius 1 is 1.32 bits per heavy atom. The second-order valence-electron chi connectivity index (χ2n) is 7.09. The molecule has 1 rings (SSSR count). The molecule has 0 aromatic heterocycles. The van der Waals surface area contributed by atoms with Crippen LogP contribution in [0.1, 0.15) is 59.8 Å². The Kier molecular flexibility index (Phi) is 9.53. The van der Waals surface area contributed by atoms with Crippen molar-refractivity contribution in [3.8, 4) is 0 Å². The first kappa shape index (κ1) is 19.3. The van der Waals surface area contributed by atoms with E-state index in [4.69, 9.17) is 4.99 Å². The second kappa shape index (κ2) is 10.9. The lowest BCUT2D eigenvalue weighted by Gasteiger charge is -2.23. The Hall–Kier alpha value is -0.770. The summed E-state index contributed by atoms with van der Waals surface area (Å²) in [6.45, 7) is 13.3. The summed E-state index contributed by atoms with van der Waals surface area (Å²) in [6, 6.07) is 0. The standard InChI is InChI=1S/C18H37N3O/c1-5-7-16(9-11-22)13-20-18(19-6-2)21-10-8-17(14-21)12-15(3)4/h15-17,22H,5-14H2,1-4H3,(H,19,20). The molecule has 1 saturated heterocycles. The van der Waals surface area contributed by atoms with Crippen LogP contribution in [0.3, 0.4) is 0 Å². The van der Waals surface area contributed by atoms with Gasteiger partial charge >= 0.3 is 0 Å². The van der Waals surface area contributed by atoms with E-state index in [-0.39, 0.29) is 6.61 Å². The molecular weight excluding hydrogens is 274 g/mol. The molecule has 2 atom stereocenters. The molecule has 0 spiro atoms. The predicted molar refractivity (Wildman–Crippen MR) is 95.2 cm³/mol. The van der Waals surface area contributed by atoms with Crippen LogP contribution in [0.4, 0.5) is 0 Å². The van der Waals surface area contributed by atoms with Crippen molar-refractivity contribution < 1.29 is 5.11 Å². The van der Waals surface area contributed by atoms with Crippen LogP contribution < -0.4 is 5.32 Å². The molecule has 4 heteroatoms. The van der Waals surface area contributed by atoms with Gasteiger partial charge in [0.05, 0.1) is 0 Å². The van der Waals surface area contributed by atoms with Gasteiger partial charge in [-0.05, 0) is 50.4 Å². The zero-order valence-electron chi connectivity index (χ0n) is 15.1. The molecular formula is C18H37N3O. The normalized spacial score (nSPS) is 20.7. The molecule has 1 fully saturated rings. The summed E-state index contributed by atoms with van der Waals surface area (Å²) in [6.07, 6.45) is 5.79. The molecule has 1 heterocycles.